The van der Waals surface area contributed by atoms with Crippen LogP contribution in [0.3, 0.4) is 0 Å². The Hall–Kier alpha value is -4.08. The molecule has 3 aromatic carbocycles. The second-order valence-electron chi connectivity index (χ2n) is 7.51. The number of rotatable bonds is 8. The zero-order valence-electron chi connectivity index (χ0n) is 18.4. The topological polar surface area (TPSA) is 105 Å². The lowest BCUT2D eigenvalue weighted by atomic mass is 10.1. The van der Waals surface area contributed by atoms with Crippen LogP contribution in [0.15, 0.2) is 101 Å². The largest absolute Gasteiger partial charge is 0.272 e. The van der Waals surface area contributed by atoms with E-state index in [0.29, 0.717) is 11.3 Å². The van der Waals surface area contributed by atoms with Gasteiger partial charge in [0.2, 0.25) is 10.0 Å². The smallest absolute Gasteiger partial charge is 0.255 e. The van der Waals surface area contributed by atoms with E-state index >= 15 is 0 Å². The highest BCUT2D eigenvalue weighted by Gasteiger charge is 2.15. The monoisotopic (exact) mass is 473 g/mol. The van der Waals surface area contributed by atoms with Crippen molar-refractivity contribution in [1.29, 1.82) is 0 Å². The number of benzene rings is 3. The van der Waals surface area contributed by atoms with Crippen molar-refractivity contribution in [2.45, 2.75) is 11.8 Å². The van der Waals surface area contributed by atoms with E-state index < -0.39 is 22.5 Å². The number of carbonyl (C=O) groups excluding carboxylic acids is 1. The lowest BCUT2D eigenvalue weighted by molar-refractivity contribution is -0.119. The van der Waals surface area contributed by atoms with Crippen LogP contribution in [0.2, 0.25) is 0 Å². The number of sulfonamides is 1. The van der Waals surface area contributed by atoms with E-state index in [1.54, 1.807) is 22.9 Å². The molecule has 8 nitrogen and oxygen atoms in total. The molecule has 0 aliphatic carbocycles. The Labute approximate surface area is 198 Å². The lowest BCUT2D eigenvalue weighted by Crippen LogP contribution is -2.34. The minimum atomic E-state index is -3.78. The van der Waals surface area contributed by atoms with Crippen LogP contribution < -0.4 is 10.1 Å². The first-order chi connectivity index (χ1) is 16.4. The van der Waals surface area contributed by atoms with E-state index in [4.69, 9.17) is 5.10 Å². The number of carbonyl (C=O) groups is 1. The van der Waals surface area contributed by atoms with E-state index in [9.17, 15) is 13.2 Å². The summed E-state index contributed by atoms with van der Waals surface area (Å²) in [6, 6.07) is 25.4. The van der Waals surface area contributed by atoms with Crippen molar-refractivity contribution in [1.82, 2.24) is 19.9 Å². The number of nitrogens with one attached hydrogen (secondary N) is 2. The molecule has 0 saturated carbocycles. The van der Waals surface area contributed by atoms with Crippen LogP contribution in [0.4, 0.5) is 0 Å². The van der Waals surface area contributed by atoms with Gasteiger partial charge in [0.25, 0.3) is 5.91 Å². The normalized spacial score (nSPS) is 11.6. The molecule has 1 aromatic heterocycles. The van der Waals surface area contributed by atoms with Crippen LogP contribution in [0.5, 0.6) is 0 Å². The number of para-hydroxylation sites is 1. The number of nitrogens with zero attached hydrogens (tertiary/aromatic N) is 3. The minimum absolute atomic E-state index is 0.0856. The van der Waals surface area contributed by atoms with Crippen molar-refractivity contribution in [3.05, 3.63) is 102 Å². The maximum atomic E-state index is 12.3. The van der Waals surface area contributed by atoms with Crippen molar-refractivity contribution < 1.29 is 13.2 Å². The van der Waals surface area contributed by atoms with Crippen molar-refractivity contribution in [3.63, 3.8) is 0 Å². The van der Waals surface area contributed by atoms with Gasteiger partial charge in [-0.2, -0.15) is 10.2 Å². The summed E-state index contributed by atoms with van der Waals surface area (Å²) in [5.74, 6) is -0.594. The summed E-state index contributed by atoms with van der Waals surface area (Å²) < 4.78 is 28.5. The predicted octanol–water partition coefficient (Wildman–Crippen LogP) is 3.28. The van der Waals surface area contributed by atoms with Crippen LogP contribution in [0.1, 0.15) is 11.1 Å². The Balaban J connectivity index is 1.49. The molecular formula is C25H23N5O3S. The van der Waals surface area contributed by atoms with Gasteiger partial charge in [0, 0.05) is 17.3 Å². The van der Waals surface area contributed by atoms with Crippen molar-refractivity contribution in [2.24, 2.45) is 5.10 Å². The molecule has 2 N–H and O–H groups in total. The number of hydrogen-bond donors (Lipinski definition) is 2. The Morgan fingerprint density at radius 2 is 1.71 bits per heavy atom. The van der Waals surface area contributed by atoms with Crippen LogP contribution in [0.25, 0.3) is 16.9 Å². The zero-order valence-corrected chi connectivity index (χ0v) is 19.2. The van der Waals surface area contributed by atoms with E-state index in [1.807, 2.05) is 67.7 Å². The Kier molecular flexibility index (Phi) is 6.95. The van der Waals surface area contributed by atoms with Crippen molar-refractivity contribution in [2.75, 3.05) is 6.54 Å². The maximum absolute atomic E-state index is 12.3. The average molecular weight is 474 g/mol. The van der Waals surface area contributed by atoms with E-state index in [2.05, 4.69) is 15.2 Å². The fraction of sp³-hybridized carbons (Fsp3) is 0.0800. The summed E-state index contributed by atoms with van der Waals surface area (Å²) in [5, 5.41) is 8.73. The molecule has 0 bridgehead atoms. The first kappa shape index (κ1) is 23.1. The molecule has 0 radical (unpaired) electrons. The van der Waals surface area contributed by atoms with E-state index in [0.717, 1.165) is 16.8 Å². The fourth-order valence-electron chi connectivity index (χ4n) is 3.27. The first-order valence-electron chi connectivity index (χ1n) is 10.5. The highest BCUT2D eigenvalue weighted by Crippen LogP contribution is 2.23. The van der Waals surface area contributed by atoms with Gasteiger partial charge in [0.15, 0.2) is 0 Å². The van der Waals surface area contributed by atoms with Gasteiger partial charge in [-0.3, -0.25) is 4.79 Å². The second-order valence-corrected chi connectivity index (χ2v) is 9.28. The first-order valence-corrected chi connectivity index (χ1v) is 12.0. The van der Waals surface area contributed by atoms with Gasteiger partial charge in [-0.25, -0.2) is 23.2 Å². The van der Waals surface area contributed by atoms with Crippen LogP contribution in [0, 0.1) is 6.92 Å². The molecule has 0 fully saturated rings. The molecule has 0 spiro atoms. The third-order valence-electron chi connectivity index (χ3n) is 4.92. The third-order valence-corrected chi connectivity index (χ3v) is 6.34. The van der Waals surface area contributed by atoms with Crippen molar-refractivity contribution >= 4 is 22.1 Å². The molecule has 0 unspecified atom stereocenters. The van der Waals surface area contributed by atoms with Gasteiger partial charge in [0.05, 0.1) is 23.3 Å². The van der Waals surface area contributed by atoms with Crippen LogP contribution in [-0.4, -0.2) is 36.9 Å². The molecule has 0 aliphatic rings. The standard InChI is InChI=1S/C25H23N5O3S/c1-19-9-8-10-20(15-19)25-21(18-30(29-25)22-11-4-2-5-12-22)16-26-28-24(31)17-27-34(32,33)23-13-6-3-7-14-23/h2-16,18,27H,17H2,1H3,(H,28,31). The van der Waals surface area contributed by atoms with Gasteiger partial charge in [-0.15, -0.1) is 0 Å². The zero-order chi connectivity index (χ0) is 24.0. The highest BCUT2D eigenvalue weighted by molar-refractivity contribution is 7.89. The number of aromatic nitrogens is 2. The summed E-state index contributed by atoms with van der Waals surface area (Å²) in [6.45, 7) is 1.56. The van der Waals surface area contributed by atoms with Gasteiger partial charge in [0.1, 0.15) is 5.69 Å². The summed E-state index contributed by atoms with van der Waals surface area (Å²) in [7, 11) is -3.78. The molecule has 0 atom stereocenters. The summed E-state index contributed by atoms with van der Waals surface area (Å²) in [5.41, 5.74) is 6.65. The molecule has 9 heteroatoms. The average Bonchev–Trinajstić information content (AvgIpc) is 3.28. The number of hydrazone groups is 1. The van der Waals surface area contributed by atoms with Crippen molar-refractivity contribution in [3.8, 4) is 16.9 Å². The van der Waals surface area contributed by atoms with E-state index in [1.165, 1.54) is 18.3 Å². The molecule has 172 valence electrons. The SMILES string of the molecule is Cc1cccc(-c2nn(-c3ccccc3)cc2C=NNC(=O)CNS(=O)(=O)c2ccccc2)c1. The molecule has 1 heterocycles. The van der Waals surface area contributed by atoms with Gasteiger partial charge < -0.3 is 0 Å². The Morgan fingerprint density at radius 3 is 2.41 bits per heavy atom. The van der Waals surface area contributed by atoms with Gasteiger partial charge >= 0.3 is 0 Å². The number of amides is 1. The fourth-order valence-corrected chi connectivity index (χ4v) is 4.27. The molecule has 0 saturated heterocycles. The highest BCUT2D eigenvalue weighted by atomic mass is 32.2. The quantitative estimate of drug-likeness (QED) is 0.303. The van der Waals surface area contributed by atoms with E-state index in [-0.39, 0.29) is 4.90 Å². The summed E-state index contributed by atoms with van der Waals surface area (Å²) in [4.78, 5) is 12.3. The minimum Gasteiger partial charge on any atom is -0.272 e. The molecule has 0 aliphatic heterocycles. The summed E-state index contributed by atoms with van der Waals surface area (Å²) >= 11 is 0. The van der Waals surface area contributed by atoms with Gasteiger partial charge in [-0.05, 0) is 37.3 Å². The summed E-state index contributed by atoms with van der Waals surface area (Å²) in [6.07, 6.45) is 3.31. The maximum Gasteiger partial charge on any atom is 0.255 e. The molecule has 34 heavy (non-hydrogen) atoms. The molecule has 4 aromatic rings. The lowest BCUT2D eigenvalue weighted by Gasteiger charge is -2.05. The number of hydrogen-bond acceptors (Lipinski definition) is 5. The molecular weight excluding hydrogens is 450 g/mol. The predicted molar refractivity (Wildman–Crippen MR) is 131 cm³/mol. The van der Waals surface area contributed by atoms with Gasteiger partial charge in [-0.1, -0.05) is 60.2 Å². The third kappa shape index (κ3) is 5.64. The molecule has 4 rings (SSSR count). The second kappa shape index (κ2) is 10.2. The Morgan fingerprint density at radius 1 is 1.00 bits per heavy atom. The Bertz CT molecular complexity index is 1420. The van der Waals surface area contributed by atoms with Crippen LogP contribution >= 0.6 is 0 Å². The number of aryl methyl sites for hydroxylation is 1. The van der Waals surface area contributed by atoms with Crippen LogP contribution in [-0.2, 0) is 14.8 Å². The molecule has 1 amide bonds.